The maximum atomic E-state index is 12.5. The number of halogens is 1. The zero-order valence-corrected chi connectivity index (χ0v) is 18.7. The molecule has 1 unspecified atom stereocenters. The smallest absolute Gasteiger partial charge is 0.406 e. The Morgan fingerprint density at radius 2 is 1.72 bits per heavy atom. The Bertz CT molecular complexity index is 1160. The van der Waals surface area contributed by atoms with Crippen molar-refractivity contribution in [1.82, 2.24) is 24.1 Å². The number of phenols is 2. The van der Waals surface area contributed by atoms with Gasteiger partial charge >= 0.3 is 28.4 Å². The fourth-order valence-electron chi connectivity index (χ4n) is 2.87. The maximum Gasteiger partial charge on any atom is 0.406 e. The lowest BCUT2D eigenvalue weighted by atomic mass is 10.1. The van der Waals surface area contributed by atoms with Crippen molar-refractivity contribution in [3.63, 3.8) is 0 Å². The SMILES string of the molecule is O=C(O)NC1(I)CN(C(=O)NS(=O)(=O)N2CCN(C(=O)c3ccc(O)c(O)c3)C2=O)C1=O. The predicted molar refractivity (Wildman–Crippen MR) is 110 cm³/mol. The molecule has 0 aromatic heterocycles. The number of phenolic OH excluding ortho intramolecular Hbond substituents is 2. The summed E-state index contributed by atoms with van der Waals surface area (Å²) in [6.45, 7) is -1.32. The summed E-state index contributed by atoms with van der Waals surface area (Å²) in [5, 5.41) is 29.4. The van der Waals surface area contributed by atoms with Gasteiger partial charge in [-0.3, -0.25) is 24.7 Å². The third kappa shape index (κ3) is 4.07. The number of β-lactam (4-membered cyclic amide) rings is 1. The number of rotatable bonds is 4. The summed E-state index contributed by atoms with van der Waals surface area (Å²) in [6.07, 6.45) is -1.52. The Morgan fingerprint density at radius 1 is 1.06 bits per heavy atom. The molecule has 1 atom stereocenters. The standard InChI is InChI=1S/C15H14IN5O10S/c16-15(17-13(27)28)6-20(11(15)25)12(26)18-32(30,31)21-4-3-19(14(21)29)10(24)7-1-2-8(22)9(23)5-7/h1-2,5,17,22-23H,3-4,6H2,(H,18,26)(H,27,28). The van der Waals surface area contributed by atoms with Crippen molar-refractivity contribution in [3.8, 4) is 11.5 Å². The maximum absolute atomic E-state index is 12.5. The molecular weight excluding hydrogens is 569 g/mol. The fraction of sp³-hybridized carbons (Fsp3) is 0.267. The van der Waals surface area contributed by atoms with Gasteiger partial charge in [-0.15, -0.1) is 0 Å². The van der Waals surface area contributed by atoms with E-state index in [0.29, 0.717) is 9.80 Å². The first-order valence-electron chi connectivity index (χ1n) is 8.51. The Balaban J connectivity index is 1.68. The van der Waals surface area contributed by atoms with Gasteiger partial charge in [0.1, 0.15) is 0 Å². The second-order valence-corrected chi connectivity index (χ2v) is 9.99. The fourth-order valence-corrected chi connectivity index (χ4v) is 4.80. The molecule has 3 rings (SSSR count). The number of likely N-dealkylation sites (tertiary alicyclic amines) is 1. The molecule has 1 aromatic rings. The first-order chi connectivity index (χ1) is 14.8. The second-order valence-electron chi connectivity index (χ2n) is 6.55. The monoisotopic (exact) mass is 583 g/mol. The number of aromatic hydroxyl groups is 2. The molecule has 15 nitrogen and oxygen atoms in total. The Morgan fingerprint density at radius 3 is 2.28 bits per heavy atom. The summed E-state index contributed by atoms with van der Waals surface area (Å²) in [5.41, 5.74) is -0.201. The zero-order valence-electron chi connectivity index (χ0n) is 15.7. The van der Waals surface area contributed by atoms with Gasteiger partial charge < -0.3 is 15.3 Å². The molecule has 0 bridgehead atoms. The van der Waals surface area contributed by atoms with Gasteiger partial charge in [-0.25, -0.2) is 23.4 Å². The van der Waals surface area contributed by atoms with E-state index in [9.17, 15) is 42.6 Å². The van der Waals surface area contributed by atoms with Crippen LogP contribution in [0.4, 0.5) is 14.4 Å². The Kier molecular flexibility index (Phi) is 5.80. The van der Waals surface area contributed by atoms with Gasteiger partial charge in [0.2, 0.25) is 0 Å². The van der Waals surface area contributed by atoms with Crippen molar-refractivity contribution in [2.24, 2.45) is 0 Å². The lowest BCUT2D eigenvalue weighted by Crippen LogP contribution is -2.73. The van der Waals surface area contributed by atoms with Gasteiger partial charge in [0, 0.05) is 12.1 Å². The lowest BCUT2D eigenvalue weighted by molar-refractivity contribution is -0.140. The quantitative estimate of drug-likeness (QED) is 0.0976. The van der Waals surface area contributed by atoms with E-state index in [-0.39, 0.29) is 16.4 Å². The number of carbonyl (C=O) groups is 5. The highest BCUT2D eigenvalue weighted by Crippen LogP contribution is 2.30. The van der Waals surface area contributed by atoms with Gasteiger partial charge in [0.25, 0.3) is 11.8 Å². The van der Waals surface area contributed by atoms with E-state index in [1.807, 2.05) is 5.32 Å². The van der Waals surface area contributed by atoms with Crippen LogP contribution in [0.5, 0.6) is 11.5 Å². The van der Waals surface area contributed by atoms with Crippen LogP contribution in [-0.2, 0) is 15.0 Å². The minimum Gasteiger partial charge on any atom is -0.504 e. The van der Waals surface area contributed by atoms with Crippen LogP contribution in [0.1, 0.15) is 10.4 Å². The third-order valence-electron chi connectivity index (χ3n) is 4.46. The molecule has 2 aliphatic rings. The van der Waals surface area contributed by atoms with Crippen molar-refractivity contribution < 1.29 is 47.7 Å². The lowest BCUT2D eigenvalue weighted by Gasteiger charge is -2.42. The number of hydrogen-bond acceptors (Lipinski definition) is 9. The van der Waals surface area contributed by atoms with Crippen LogP contribution in [0.15, 0.2) is 18.2 Å². The number of imide groups is 2. The molecule has 0 aliphatic carbocycles. The van der Waals surface area contributed by atoms with Crippen molar-refractivity contribution >= 4 is 62.8 Å². The number of hydrogen-bond donors (Lipinski definition) is 5. The molecule has 17 heteroatoms. The molecule has 32 heavy (non-hydrogen) atoms. The molecule has 1 aromatic carbocycles. The molecule has 172 valence electrons. The van der Waals surface area contributed by atoms with Gasteiger partial charge in [-0.05, 0) is 40.8 Å². The summed E-state index contributed by atoms with van der Waals surface area (Å²) < 4.78 is 25.0. The molecule has 2 aliphatic heterocycles. The van der Waals surface area contributed by atoms with Crippen molar-refractivity contribution in [2.75, 3.05) is 19.6 Å². The Hall–Kier alpha value is -3.35. The van der Waals surface area contributed by atoms with Crippen LogP contribution in [0.2, 0.25) is 0 Å². The predicted octanol–water partition coefficient (Wildman–Crippen LogP) is -0.829. The van der Waals surface area contributed by atoms with Crippen molar-refractivity contribution in [1.29, 1.82) is 0 Å². The number of nitrogens with zero attached hydrogens (tertiary/aromatic N) is 3. The first-order valence-corrected chi connectivity index (χ1v) is 11.0. The number of nitrogens with one attached hydrogen (secondary N) is 2. The highest BCUT2D eigenvalue weighted by molar-refractivity contribution is 14.1. The summed E-state index contributed by atoms with van der Waals surface area (Å²) in [7, 11) is -4.81. The minimum absolute atomic E-state index is 0.201. The topological polar surface area (TPSA) is 214 Å². The molecule has 5 N–H and O–H groups in total. The van der Waals surface area contributed by atoms with Gasteiger partial charge in [0.15, 0.2) is 15.0 Å². The first kappa shape index (κ1) is 23.3. The van der Waals surface area contributed by atoms with E-state index in [0.717, 1.165) is 18.2 Å². The summed E-state index contributed by atoms with van der Waals surface area (Å²) >= 11 is 1.46. The number of carbonyl (C=O) groups excluding carboxylic acids is 4. The number of benzene rings is 1. The average molecular weight is 583 g/mol. The number of amides is 7. The van der Waals surface area contributed by atoms with Crippen LogP contribution < -0.4 is 10.0 Å². The van der Waals surface area contributed by atoms with E-state index >= 15 is 0 Å². The van der Waals surface area contributed by atoms with Crippen molar-refractivity contribution in [2.45, 2.75) is 3.55 Å². The highest BCUT2D eigenvalue weighted by Gasteiger charge is 2.55. The van der Waals surface area contributed by atoms with E-state index in [1.54, 1.807) is 0 Å². The van der Waals surface area contributed by atoms with E-state index < -0.39 is 68.3 Å². The Labute approximate surface area is 192 Å². The molecule has 2 heterocycles. The normalized spacial score (nSPS) is 20.7. The van der Waals surface area contributed by atoms with Crippen LogP contribution >= 0.6 is 22.6 Å². The summed E-state index contributed by atoms with van der Waals surface area (Å²) in [4.78, 5) is 60.9. The van der Waals surface area contributed by atoms with Crippen LogP contribution in [0.3, 0.4) is 0 Å². The molecule has 7 amide bonds. The molecule has 0 saturated carbocycles. The van der Waals surface area contributed by atoms with Gasteiger partial charge in [-0.2, -0.15) is 8.42 Å². The number of carboxylic acid groups (broad SMARTS) is 1. The van der Waals surface area contributed by atoms with E-state index in [4.69, 9.17) is 5.11 Å². The molecule has 0 spiro atoms. The van der Waals surface area contributed by atoms with Crippen LogP contribution in [-0.4, -0.2) is 91.0 Å². The molecule has 2 fully saturated rings. The third-order valence-corrected chi connectivity index (χ3v) is 6.88. The number of urea groups is 2. The highest BCUT2D eigenvalue weighted by atomic mass is 127. The van der Waals surface area contributed by atoms with Gasteiger partial charge in [-0.1, -0.05) is 0 Å². The largest absolute Gasteiger partial charge is 0.504 e. The van der Waals surface area contributed by atoms with Crippen LogP contribution in [0, 0.1) is 0 Å². The zero-order chi connectivity index (χ0) is 24.0. The van der Waals surface area contributed by atoms with Crippen LogP contribution in [0.25, 0.3) is 0 Å². The molecule has 2 saturated heterocycles. The molecular formula is C15H14IN5O10S. The minimum atomic E-state index is -4.81. The number of alkyl halides is 1. The molecule has 0 radical (unpaired) electrons. The summed E-state index contributed by atoms with van der Waals surface area (Å²) in [6, 6.07) is 0.319. The summed E-state index contributed by atoms with van der Waals surface area (Å²) in [5.74, 6) is -3.09. The average Bonchev–Trinajstić information content (AvgIpc) is 3.08. The van der Waals surface area contributed by atoms with Crippen molar-refractivity contribution in [3.05, 3.63) is 23.8 Å². The van der Waals surface area contributed by atoms with E-state index in [1.165, 1.54) is 27.3 Å². The second kappa shape index (κ2) is 7.97. The van der Waals surface area contributed by atoms with E-state index in [2.05, 4.69) is 0 Å². The van der Waals surface area contributed by atoms with Gasteiger partial charge in [0.05, 0.1) is 13.1 Å².